The van der Waals surface area contributed by atoms with Crippen molar-refractivity contribution in [1.29, 1.82) is 0 Å². The molecule has 5 aromatic rings. The number of nitro groups is 1. The molecule has 4 amide bonds. The zero-order chi connectivity index (χ0) is 43.0. The number of carbonyl (C=O) groups is 4. The number of ether oxygens (including phenoxy) is 3. The van der Waals surface area contributed by atoms with Crippen molar-refractivity contribution in [2.45, 2.75) is 59.7 Å². The van der Waals surface area contributed by atoms with E-state index in [0.717, 1.165) is 11.6 Å². The van der Waals surface area contributed by atoms with Crippen LogP contribution in [0.25, 0.3) is 11.0 Å². The van der Waals surface area contributed by atoms with Gasteiger partial charge in [0.05, 0.1) is 29.9 Å². The first-order valence-corrected chi connectivity index (χ1v) is 18.4. The average molecular weight is 811 g/mol. The molecule has 2 aromatic heterocycles. The lowest BCUT2D eigenvalue weighted by Gasteiger charge is -2.19. The number of allylic oxidation sites excluding steroid dienone is 1. The van der Waals surface area contributed by atoms with Gasteiger partial charge < -0.3 is 35.6 Å². The molecule has 5 rings (SSSR count). The van der Waals surface area contributed by atoms with E-state index in [2.05, 4.69) is 26.0 Å². The summed E-state index contributed by atoms with van der Waals surface area (Å²) in [5, 5.41) is 25.1. The van der Waals surface area contributed by atoms with Gasteiger partial charge in [0.25, 0.3) is 11.6 Å². The van der Waals surface area contributed by atoms with Crippen molar-refractivity contribution in [3.05, 3.63) is 105 Å². The molecule has 19 heteroatoms. The van der Waals surface area contributed by atoms with Crippen LogP contribution in [-0.2, 0) is 24.2 Å². The van der Waals surface area contributed by atoms with Gasteiger partial charge in [-0.05, 0) is 76.6 Å². The molecule has 59 heavy (non-hydrogen) atoms. The van der Waals surface area contributed by atoms with Crippen LogP contribution in [0, 0.1) is 17.0 Å². The van der Waals surface area contributed by atoms with Crippen molar-refractivity contribution in [3.63, 3.8) is 0 Å². The predicted molar refractivity (Wildman–Crippen MR) is 220 cm³/mol. The van der Waals surface area contributed by atoms with E-state index in [1.807, 2.05) is 6.92 Å². The lowest BCUT2D eigenvalue weighted by molar-refractivity contribution is -0.384. The summed E-state index contributed by atoms with van der Waals surface area (Å²) in [6.07, 6.45) is 3.22. The van der Waals surface area contributed by atoms with Gasteiger partial charge >= 0.3 is 6.09 Å². The third kappa shape index (κ3) is 10.7. The van der Waals surface area contributed by atoms with Gasteiger partial charge in [0, 0.05) is 48.9 Å². The summed E-state index contributed by atoms with van der Waals surface area (Å²) < 4.78 is 20.1. The summed E-state index contributed by atoms with van der Waals surface area (Å²) in [5.41, 5.74) is 13.2. The zero-order valence-corrected chi connectivity index (χ0v) is 33.5. The number of nitrogens with two attached hydrogens (primary N) is 2. The number of methoxy groups -OCH3 is 1. The van der Waals surface area contributed by atoms with E-state index in [4.69, 9.17) is 25.7 Å². The fourth-order valence-corrected chi connectivity index (χ4v) is 5.99. The van der Waals surface area contributed by atoms with Crippen molar-refractivity contribution in [1.82, 2.24) is 19.3 Å². The van der Waals surface area contributed by atoms with E-state index in [9.17, 15) is 29.3 Å². The van der Waals surface area contributed by atoms with Crippen LogP contribution >= 0.6 is 0 Å². The molecule has 0 fully saturated rings. The number of imidazole rings is 1. The maximum absolute atomic E-state index is 13.5. The van der Waals surface area contributed by atoms with Crippen molar-refractivity contribution >= 4 is 57.9 Å². The SMILES string of the molecule is CCn1nc(C)cc1C(=O)Nc1nc2cc(C(N)=O)cc(OC)c2n1C/C=C/CNc1c(OCCc2ccc(NC(=O)OC(C)(C)C)cc2)cc(C(N)=O)cc1[N+](=O)[O-]. The number of primary amides is 2. The standard InChI is InChI=1S/C40H46N10O9/c1-7-49-30(18-23(2)47-49)37(53)46-38-45-28-19-25(35(41)51)22-32(57-6)34(28)48(38)16-9-8-15-43-33-29(50(55)56)20-26(36(42)52)21-31(33)58-17-14-24-10-12-27(13-11-24)44-39(54)59-40(3,4)5/h8-13,18-22,43H,7,14-17H2,1-6H3,(H2,41,51)(H2,42,52)(H,44,54)(H,45,46,53)/b9-8+. The van der Waals surface area contributed by atoms with Crippen LogP contribution < -0.4 is 36.9 Å². The second kappa shape index (κ2) is 18.2. The van der Waals surface area contributed by atoms with E-state index in [1.165, 1.54) is 25.3 Å². The van der Waals surface area contributed by atoms with Crippen molar-refractivity contribution in [2.24, 2.45) is 11.5 Å². The molecule has 0 atom stereocenters. The minimum Gasteiger partial charge on any atom is -0.494 e. The van der Waals surface area contributed by atoms with Gasteiger partial charge in [0.1, 0.15) is 28.3 Å². The van der Waals surface area contributed by atoms with Gasteiger partial charge in [-0.3, -0.25) is 39.8 Å². The van der Waals surface area contributed by atoms with Gasteiger partial charge in [-0.2, -0.15) is 5.10 Å². The third-order valence-electron chi connectivity index (χ3n) is 8.63. The van der Waals surface area contributed by atoms with Crippen LogP contribution in [0.2, 0.25) is 0 Å². The molecule has 310 valence electrons. The Balaban J connectivity index is 1.35. The topological polar surface area (TPSA) is 263 Å². The number of fused-ring (bicyclic) bond motifs is 1. The number of amides is 4. The van der Waals surface area contributed by atoms with Crippen molar-refractivity contribution in [3.8, 4) is 11.5 Å². The van der Waals surface area contributed by atoms with Gasteiger partial charge in [0.15, 0.2) is 5.69 Å². The minimum atomic E-state index is -0.874. The van der Waals surface area contributed by atoms with Gasteiger partial charge in [-0.25, -0.2) is 9.78 Å². The smallest absolute Gasteiger partial charge is 0.412 e. The molecular weight excluding hydrogens is 765 g/mol. The Morgan fingerprint density at radius 3 is 2.25 bits per heavy atom. The normalized spacial score (nSPS) is 11.4. The Kier molecular flexibility index (Phi) is 13.2. The number of aryl methyl sites for hydroxylation is 2. The number of nitro benzene ring substituents is 1. The Hall–Kier alpha value is -7.44. The maximum atomic E-state index is 13.5. The van der Waals surface area contributed by atoms with E-state index in [0.29, 0.717) is 41.1 Å². The molecule has 0 aliphatic heterocycles. The summed E-state index contributed by atoms with van der Waals surface area (Å²) in [6.45, 7) is 9.65. The Morgan fingerprint density at radius 2 is 1.63 bits per heavy atom. The lowest BCUT2D eigenvalue weighted by Crippen LogP contribution is -2.27. The number of aromatic nitrogens is 4. The molecule has 3 aromatic carbocycles. The molecule has 0 saturated carbocycles. The summed E-state index contributed by atoms with van der Waals surface area (Å²) in [7, 11) is 1.43. The number of nitrogens with zero attached hydrogens (tertiary/aromatic N) is 5. The molecule has 0 radical (unpaired) electrons. The van der Waals surface area contributed by atoms with Crippen LogP contribution in [0.4, 0.5) is 27.8 Å². The molecule has 0 bridgehead atoms. The largest absolute Gasteiger partial charge is 0.494 e. The number of rotatable bonds is 17. The molecule has 19 nitrogen and oxygen atoms in total. The Morgan fingerprint density at radius 1 is 0.949 bits per heavy atom. The zero-order valence-electron chi connectivity index (χ0n) is 33.5. The van der Waals surface area contributed by atoms with Crippen LogP contribution in [0.5, 0.6) is 11.5 Å². The molecule has 0 aliphatic carbocycles. The highest BCUT2D eigenvalue weighted by atomic mass is 16.6. The minimum absolute atomic E-state index is 0.0195. The molecule has 0 spiro atoms. The summed E-state index contributed by atoms with van der Waals surface area (Å²) in [5.74, 6) is -1.57. The Bertz CT molecular complexity index is 2430. The number of anilines is 3. The number of carbonyl (C=O) groups excluding carboxylic acids is 4. The van der Waals surface area contributed by atoms with Crippen LogP contribution in [-0.4, -0.2) is 73.9 Å². The van der Waals surface area contributed by atoms with E-state index in [1.54, 1.807) is 79.4 Å². The van der Waals surface area contributed by atoms with Gasteiger partial charge in [-0.15, -0.1) is 0 Å². The summed E-state index contributed by atoms with van der Waals surface area (Å²) in [6, 6.07) is 14.0. The quantitative estimate of drug-likeness (QED) is 0.0439. The first kappa shape index (κ1) is 42.7. The highest BCUT2D eigenvalue weighted by Crippen LogP contribution is 2.36. The fourth-order valence-electron chi connectivity index (χ4n) is 5.99. The molecular formula is C40H46N10O9. The second-order valence-electron chi connectivity index (χ2n) is 14.2. The lowest BCUT2D eigenvalue weighted by atomic mass is 10.1. The van der Waals surface area contributed by atoms with E-state index < -0.39 is 40.0 Å². The highest BCUT2D eigenvalue weighted by Gasteiger charge is 2.24. The molecule has 7 N–H and O–H groups in total. The fraction of sp³-hybridized carbons (Fsp3) is 0.300. The predicted octanol–water partition coefficient (Wildman–Crippen LogP) is 5.56. The Labute approximate surface area is 338 Å². The van der Waals surface area contributed by atoms with Crippen LogP contribution in [0.1, 0.15) is 70.2 Å². The van der Waals surface area contributed by atoms with Crippen molar-refractivity contribution < 1.29 is 38.3 Å². The third-order valence-corrected chi connectivity index (χ3v) is 8.63. The molecule has 2 heterocycles. The average Bonchev–Trinajstić information content (AvgIpc) is 3.73. The maximum Gasteiger partial charge on any atom is 0.412 e. The number of nitrogens with one attached hydrogen (secondary N) is 3. The monoisotopic (exact) mass is 810 g/mol. The van der Waals surface area contributed by atoms with Gasteiger partial charge in [0.2, 0.25) is 17.8 Å². The molecule has 0 saturated heterocycles. The summed E-state index contributed by atoms with van der Waals surface area (Å²) in [4.78, 5) is 65.9. The second-order valence-corrected chi connectivity index (χ2v) is 14.2. The first-order valence-electron chi connectivity index (χ1n) is 18.4. The molecule has 0 unspecified atom stereocenters. The van der Waals surface area contributed by atoms with Gasteiger partial charge in [-0.1, -0.05) is 24.3 Å². The number of hydrogen-bond donors (Lipinski definition) is 5. The van der Waals surface area contributed by atoms with Crippen LogP contribution in [0.15, 0.2) is 66.7 Å². The van der Waals surface area contributed by atoms with Crippen molar-refractivity contribution in [2.75, 3.05) is 36.2 Å². The van der Waals surface area contributed by atoms with E-state index in [-0.39, 0.29) is 54.0 Å². The van der Waals surface area contributed by atoms with Crippen LogP contribution in [0.3, 0.4) is 0 Å². The number of hydrogen-bond acceptors (Lipinski definition) is 12. The first-order chi connectivity index (χ1) is 28.0. The molecule has 0 aliphatic rings. The highest BCUT2D eigenvalue weighted by molar-refractivity contribution is 6.04. The number of benzene rings is 3. The van der Waals surface area contributed by atoms with E-state index >= 15 is 0 Å². The summed E-state index contributed by atoms with van der Waals surface area (Å²) >= 11 is 0.